The van der Waals surface area contributed by atoms with Gasteiger partial charge in [-0.2, -0.15) is 5.10 Å². The van der Waals surface area contributed by atoms with Crippen molar-refractivity contribution in [1.29, 1.82) is 0 Å². The lowest BCUT2D eigenvalue weighted by Crippen LogP contribution is -2.39. The van der Waals surface area contributed by atoms with Crippen LogP contribution >= 0.6 is 0 Å². The van der Waals surface area contributed by atoms with E-state index in [-0.39, 0.29) is 0 Å². The molecule has 1 heterocycles. The summed E-state index contributed by atoms with van der Waals surface area (Å²) in [7, 11) is 0. The van der Waals surface area contributed by atoms with E-state index in [2.05, 4.69) is 54.5 Å². The number of anilines is 1. The first-order chi connectivity index (χ1) is 9.54. The van der Waals surface area contributed by atoms with E-state index in [1.807, 2.05) is 6.20 Å². The van der Waals surface area contributed by atoms with Gasteiger partial charge in [0.2, 0.25) is 0 Å². The molecule has 2 atom stereocenters. The number of rotatable bonds is 2. The van der Waals surface area contributed by atoms with Gasteiger partial charge in [-0.15, -0.1) is 0 Å². The monoisotopic (exact) mass is 271 g/mol. The van der Waals surface area contributed by atoms with Crippen LogP contribution in [-0.2, 0) is 0 Å². The number of fused-ring (bicyclic) bond motifs is 1. The zero-order chi connectivity index (χ0) is 14.2. The summed E-state index contributed by atoms with van der Waals surface area (Å²) in [5.41, 5.74) is 2.69. The molecule has 2 N–H and O–H groups in total. The fourth-order valence-corrected chi connectivity index (χ4v) is 3.58. The van der Waals surface area contributed by atoms with Gasteiger partial charge in [-0.1, -0.05) is 33.6 Å². The summed E-state index contributed by atoms with van der Waals surface area (Å²) in [6, 6.07) is 7.07. The molecule has 2 aromatic rings. The van der Waals surface area contributed by atoms with Gasteiger partial charge < -0.3 is 5.32 Å². The van der Waals surface area contributed by atoms with Gasteiger partial charge in [0.15, 0.2) is 0 Å². The first-order valence-corrected chi connectivity index (χ1v) is 7.74. The van der Waals surface area contributed by atoms with Gasteiger partial charge in [-0.25, -0.2) is 0 Å². The van der Waals surface area contributed by atoms with Crippen molar-refractivity contribution in [1.82, 2.24) is 10.2 Å². The van der Waals surface area contributed by atoms with Crippen LogP contribution in [-0.4, -0.2) is 16.2 Å². The van der Waals surface area contributed by atoms with Crippen molar-refractivity contribution in [3.05, 3.63) is 24.4 Å². The number of nitrogens with one attached hydrogen (secondary N) is 2. The van der Waals surface area contributed by atoms with Gasteiger partial charge >= 0.3 is 0 Å². The SMILES string of the molecule is CC(C)(C)C1CCCCC1Nc1ccc2cn[nH]c2c1. The first-order valence-electron chi connectivity index (χ1n) is 7.74. The Morgan fingerprint density at radius 3 is 2.80 bits per heavy atom. The maximum absolute atomic E-state index is 4.09. The Bertz CT molecular complexity index is 579. The van der Waals surface area contributed by atoms with E-state index >= 15 is 0 Å². The molecule has 3 nitrogen and oxygen atoms in total. The van der Waals surface area contributed by atoms with E-state index in [9.17, 15) is 0 Å². The van der Waals surface area contributed by atoms with E-state index in [0.717, 1.165) is 11.4 Å². The van der Waals surface area contributed by atoms with Gasteiger partial charge in [0, 0.05) is 17.1 Å². The standard InChI is InChI=1S/C17H25N3/c1-17(2,3)14-6-4-5-7-15(14)19-13-9-8-12-11-18-20-16(12)10-13/h8-11,14-15,19H,4-7H2,1-3H3,(H,18,20). The topological polar surface area (TPSA) is 40.7 Å². The Kier molecular flexibility index (Phi) is 3.45. The van der Waals surface area contributed by atoms with Gasteiger partial charge in [-0.3, -0.25) is 5.10 Å². The molecule has 0 radical (unpaired) electrons. The fourth-order valence-electron chi connectivity index (χ4n) is 3.58. The number of H-pyrrole nitrogens is 1. The van der Waals surface area contributed by atoms with Crippen molar-refractivity contribution in [3.63, 3.8) is 0 Å². The van der Waals surface area contributed by atoms with E-state index in [1.165, 1.54) is 36.8 Å². The molecule has 1 fully saturated rings. The molecule has 1 saturated carbocycles. The second kappa shape index (κ2) is 5.12. The van der Waals surface area contributed by atoms with Crippen LogP contribution in [0, 0.1) is 11.3 Å². The minimum absolute atomic E-state index is 0.371. The average Bonchev–Trinajstić information content (AvgIpc) is 2.85. The Labute approximate surface area is 121 Å². The average molecular weight is 271 g/mol. The highest BCUT2D eigenvalue weighted by Gasteiger charge is 2.33. The maximum atomic E-state index is 4.09. The lowest BCUT2D eigenvalue weighted by atomic mass is 9.69. The second-order valence-corrected chi connectivity index (χ2v) is 7.18. The number of nitrogens with zero attached hydrogens (tertiary/aromatic N) is 1. The molecule has 0 amide bonds. The molecular weight excluding hydrogens is 246 g/mol. The molecule has 0 bridgehead atoms. The fraction of sp³-hybridized carbons (Fsp3) is 0.588. The van der Waals surface area contributed by atoms with Crippen LogP contribution in [0.4, 0.5) is 5.69 Å². The van der Waals surface area contributed by atoms with Crippen LogP contribution in [0.2, 0.25) is 0 Å². The van der Waals surface area contributed by atoms with Crippen LogP contribution in [0.25, 0.3) is 10.9 Å². The zero-order valence-electron chi connectivity index (χ0n) is 12.7. The summed E-state index contributed by atoms with van der Waals surface area (Å²) < 4.78 is 0. The Morgan fingerprint density at radius 1 is 1.20 bits per heavy atom. The molecule has 0 saturated heterocycles. The summed E-state index contributed by atoms with van der Waals surface area (Å²) in [6.45, 7) is 7.11. The van der Waals surface area contributed by atoms with Crippen LogP contribution < -0.4 is 5.32 Å². The van der Waals surface area contributed by atoms with Crippen molar-refractivity contribution in [2.45, 2.75) is 52.5 Å². The van der Waals surface area contributed by atoms with E-state index in [0.29, 0.717) is 11.5 Å². The van der Waals surface area contributed by atoms with Crippen LogP contribution in [0.3, 0.4) is 0 Å². The summed E-state index contributed by atoms with van der Waals surface area (Å²) in [6.07, 6.45) is 7.21. The molecular formula is C17H25N3. The van der Waals surface area contributed by atoms with Crippen LogP contribution in [0.1, 0.15) is 46.5 Å². The molecule has 1 aromatic carbocycles. The minimum atomic E-state index is 0.371. The third kappa shape index (κ3) is 2.67. The van der Waals surface area contributed by atoms with E-state index in [4.69, 9.17) is 0 Å². The highest BCUT2D eigenvalue weighted by molar-refractivity contribution is 5.81. The molecule has 2 unspecified atom stereocenters. The minimum Gasteiger partial charge on any atom is -0.382 e. The molecule has 20 heavy (non-hydrogen) atoms. The quantitative estimate of drug-likeness (QED) is 0.839. The molecule has 3 heteroatoms. The summed E-state index contributed by atoms with van der Waals surface area (Å²) in [4.78, 5) is 0. The molecule has 108 valence electrons. The summed E-state index contributed by atoms with van der Waals surface area (Å²) in [5.74, 6) is 0.744. The van der Waals surface area contributed by atoms with Crippen LogP contribution in [0.15, 0.2) is 24.4 Å². The first kappa shape index (κ1) is 13.5. The summed E-state index contributed by atoms with van der Waals surface area (Å²) >= 11 is 0. The maximum Gasteiger partial charge on any atom is 0.0670 e. The number of aromatic amines is 1. The third-order valence-electron chi connectivity index (χ3n) is 4.67. The van der Waals surface area contributed by atoms with Crippen LogP contribution in [0.5, 0.6) is 0 Å². The molecule has 3 rings (SSSR count). The summed E-state index contributed by atoms with van der Waals surface area (Å²) in [5, 5.41) is 12.1. The van der Waals surface area contributed by atoms with Crippen molar-refractivity contribution < 1.29 is 0 Å². The predicted octanol–water partition coefficient (Wildman–Crippen LogP) is 4.58. The van der Waals surface area contributed by atoms with Gasteiger partial charge in [0.25, 0.3) is 0 Å². The Hall–Kier alpha value is -1.51. The van der Waals surface area contributed by atoms with Gasteiger partial charge in [-0.05, 0) is 42.4 Å². The largest absolute Gasteiger partial charge is 0.382 e. The Balaban J connectivity index is 1.80. The highest BCUT2D eigenvalue weighted by atomic mass is 15.1. The van der Waals surface area contributed by atoms with E-state index in [1.54, 1.807) is 0 Å². The van der Waals surface area contributed by atoms with Crippen molar-refractivity contribution in [2.75, 3.05) is 5.32 Å². The zero-order valence-corrected chi connectivity index (χ0v) is 12.7. The molecule has 1 aromatic heterocycles. The van der Waals surface area contributed by atoms with Gasteiger partial charge in [0.1, 0.15) is 0 Å². The van der Waals surface area contributed by atoms with Gasteiger partial charge in [0.05, 0.1) is 11.7 Å². The van der Waals surface area contributed by atoms with Crippen molar-refractivity contribution in [3.8, 4) is 0 Å². The molecule has 0 aliphatic heterocycles. The third-order valence-corrected chi connectivity index (χ3v) is 4.67. The highest BCUT2D eigenvalue weighted by Crippen LogP contribution is 2.39. The van der Waals surface area contributed by atoms with E-state index < -0.39 is 0 Å². The molecule has 1 aliphatic carbocycles. The lowest BCUT2D eigenvalue weighted by molar-refractivity contribution is 0.163. The number of benzene rings is 1. The number of hydrogen-bond donors (Lipinski definition) is 2. The molecule has 0 spiro atoms. The lowest BCUT2D eigenvalue weighted by Gasteiger charge is -2.41. The predicted molar refractivity (Wildman–Crippen MR) is 84.9 cm³/mol. The number of hydrogen-bond acceptors (Lipinski definition) is 2. The Morgan fingerprint density at radius 2 is 2.00 bits per heavy atom. The van der Waals surface area contributed by atoms with Crippen molar-refractivity contribution >= 4 is 16.6 Å². The van der Waals surface area contributed by atoms with Crippen molar-refractivity contribution in [2.24, 2.45) is 11.3 Å². The normalized spacial score (nSPS) is 23.9. The number of aromatic nitrogens is 2. The second-order valence-electron chi connectivity index (χ2n) is 7.18. The molecule has 1 aliphatic rings. The smallest absolute Gasteiger partial charge is 0.0670 e.